The Hall–Kier alpha value is -3.65. The second-order valence-electron chi connectivity index (χ2n) is 10.8. The Kier molecular flexibility index (Phi) is 5.83. The van der Waals surface area contributed by atoms with Gasteiger partial charge < -0.3 is 15.7 Å². The number of nitrogens with zero attached hydrogens (tertiary/aromatic N) is 5. The second kappa shape index (κ2) is 8.98. The highest BCUT2D eigenvalue weighted by molar-refractivity contribution is 7.18. The summed E-state index contributed by atoms with van der Waals surface area (Å²) in [6.45, 7) is 3.71. The molecule has 4 aromatic rings. The van der Waals surface area contributed by atoms with Gasteiger partial charge in [0.1, 0.15) is 17.4 Å². The van der Waals surface area contributed by atoms with Crippen LogP contribution >= 0.6 is 11.3 Å². The maximum atomic E-state index is 14.6. The highest BCUT2D eigenvalue weighted by atomic mass is 32.1. The molecule has 3 atom stereocenters. The number of fused-ring (bicyclic) bond motifs is 3. The van der Waals surface area contributed by atoms with E-state index in [-0.39, 0.29) is 36.1 Å². The van der Waals surface area contributed by atoms with Gasteiger partial charge in [-0.05, 0) is 74.6 Å². The fourth-order valence-electron chi connectivity index (χ4n) is 5.77. The Morgan fingerprint density at radius 3 is 2.68 bits per heavy atom. The molecular formula is C28H27FN6O2S. The molecule has 4 heterocycles. The molecule has 194 valence electrons. The van der Waals surface area contributed by atoms with E-state index in [1.54, 1.807) is 24.6 Å². The number of aliphatic hydroxyl groups is 1. The van der Waals surface area contributed by atoms with Crippen molar-refractivity contribution in [3.8, 4) is 27.6 Å². The molecule has 0 unspecified atom stereocenters. The Morgan fingerprint density at radius 2 is 2.03 bits per heavy atom. The lowest BCUT2D eigenvalue weighted by Gasteiger charge is -2.22. The van der Waals surface area contributed by atoms with Crippen molar-refractivity contribution in [2.24, 2.45) is 5.73 Å². The average molecular weight is 531 g/mol. The number of amides is 1. The van der Waals surface area contributed by atoms with Crippen LogP contribution in [0.25, 0.3) is 32.6 Å². The molecule has 2 aromatic heterocycles. The van der Waals surface area contributed by atoms with Gasteiger partial charge in [-0.25, -0.2) is 9.07 Å². The number of carbonyl (C=O) groups excluding carboxylic acids is 1. The molecule has 2 aliphatic heterocycles. The van der Waals surface area contributed by atoms with Gasteiger partial charge in [-0.15, -0.1) is 16.4 Å². The van der Waals surface area contributed by atoms with Crippen molar-refractivity contribution < 1.29 is 14.3 Å². The molecule has 2 bridgehead atoms. The van der Waals surface area contributed by atoms with E-state index in [1.807, 2.05) is 35.2 Å². The molecule has 6 rings (SSSR count). The molecule has 3 N–H and O–H groups in total. The fourth-order valence-corrected chi connectivity index (χ4v) is 6.90. The molecule has 38 heavy (non-hydrogen) atoms. The maximum Gasteiger partial charge on any atom is 0.264 e. The topological polar surface area (TPSA) is 121 Å². The molecular weight excluding hydrogens is 503 g/mol. The number of nitrogens with two attached hydrogens (primary N) is 1. The van der Waals surface area contributed by atoms with Crippen LogP contribution in [-0.4, -0.2) is 54.6 Å². The van der Waals surface area contributed by atoms with Crippen LogP contribution in [0.1, 0.15) is 48.3 Å². The van der Waals surface area contributed by atoms with Crippen molar-refractivity contribution in [2.45, 2.75) is 63.4 Å². The fraction of sp³-hybridized carbons (Fsp3) is 0.357. The SMILES string of the molecule is CC(C)(O)Cn1nnc2cc(-c3sc(C(=O)N4[C@H]5CC[C@@H]4[C@H](N)C5)cc3-c3ccc(C#N)c(F)c3)ccc21. The van der Waals surface area contributed by atoms with Crippen molar-refractivity contribution in [3.63, 3.8) is 0 Å². The summed E-state index contributed by atoms with van der Waals surface area (Å²) in [6.07, 6.45) is 2.70. The molecule has 2 aliphatic rings. The molecule has 0 spiro atoms. The summed E-state index contributed by atoms with van der Waals surface area (Å²) in [6, 6.07) is 14.1. The Balaban J connectivity index is 1.45. The zero-order valence-electron chi connectivity index (χ0n) is 21.1. The van der Waals surface area contributed by atoms with Gasteiger partial charge in [0.05, 0.1) is 28.1 Å². The number of benzene rings is 2. The lowest BCUT2D eigenvalue weighted by molar-refractivity contribution is 0.0584. The maximum absolute atomic E-state index is 14.6. The van der Waals surface area contributed by atoms with E-state index in [1.165, 1.54) is 23.5 Å². The van der Waals surface area contributed by atoms with Gasteiger partial charge >= 0.3 is 0 Å². The zero-order valence-corrected chi connectivity index (χ0v) is 21.9. The van der Waals surface area contributed by atoms with Crippen LogP contribution in [0.15, 0.2) is 42.5 Å². The number of aromatic nitrogens is 3. The predicted molar refractivity (Wildman–Crippen MR) is 143 cm³/mol. The van der Waals surface area contributed by atoms with E-state index >= 15 is 0 Å². The molecule has 0 aliphatic carbocycles. The van der Waals surface area contributed by atoms with Crippen molar-refractivity contribution >= 4 is 28.3 Å². The van der Waals surface area contributed by atoms with E-state index in [0.29, 0.717) is 21.5 Å². The monoisotopic (exact) mass is 530 g/mol. The summed E-state index contributed by atoms with van der Waals surface area (Å²) in [7, 11) is 0. The van der Waals surface area contributed by atoms with Crippen LogP contribution < -0.4 is 5.73 Å². The predicted octanol–water partition coefficient (Wildman–Crippen LogP) is 4.31. The van der Waals surface area contributed by atoms with Crippen molar-refractivity contribution in [3.05, 3.63) is 58.7 Å². The summed E-state index contributed by atoms with van der Waals surface area (Å²) >= 11 is 1.36. The molecule has 0 saturated carbocycles. The number of rotatable bonds is 5. The normalized spacial score (nSPS) is 20.8. The minimum atomic E-state index is -0.952. The first-order chi connectivity index (χ1) is 18.1. The average Bonchev–Trinajstić information content (AvgIpc) is 3.64. The third kappa shape index (κ3) is 4.17. The van der Waals surface area contributed by atoms with Crippen LogP contribution in [0.2, 0.25) is 0 Å². The number of thiophene rings is 1. The van der Waals surface area contributed by atoms with Crippen LogP contribution in [0.5, 0.6) is 0 Å². The third-order valence-corrected chi connectivity index (χ3v) is 8.65. The molecule has 2 fully saturated rings. The van der Waals surface area contributed by atoms with Crippen LogP contribution in [0, 0.1) is 17.1 Å². The summed E-state index contributed by atoms with van der Waals surface area (Å²) < 4.78 is 16.3. The Labute approximate surface area is 223 Å². The van der Waals surface area contributed by atoms with Crippen LogP contribution in [0.3, 0.4) is 0 Å². The van der Waals surface area contributed by atoms with Crippen molar-refractivity contribution in [1.82, 2.24) is 19.9 Å². The highest BCUT2D eigenvalue weighted by Crippen LogP contribution is 2.44. The first kappa shape index (κ1) is 24.7. The lowest BCUT2D eigenvalue weighted by atomic mass is 9.97. The van der Waals surface area contributed by atoms with E-state index < -0.39 is 11.4 Å². The van der Waals surface area contributed by atoms with Gasteiger partial charge in [0.2, 0.25) is 0 Å². The Bertz CT molecular complexity index is 1610. The van der Waals surface area contributed by atoms with Crippen molar-refractivity contribution in [2.75, 3.05) is 0 Å². The molecule has 0 radical (unpaired) electrons. The molecule has 2 aromatic carbocycles. The number of hydrogen-bond donors (Lipinski definition) is 2. The van der Waals surface area contributed by atoms with Gasteiger partial charge in [0, 0.05) is 28.6 Å². The van der Waals surface area contributed by atoms with E-state index in [4.69, 9.17) is 5.73 Å². The van der Waals surface area contributed by atoms with Gasteiger partial charge in [0.25, 0.3) is 5.91 Å². The second-order valence-corrected chi connectivity index (χ2v) is 11.9. The van der Waals surface area contributed by atoms with Gasteiger partial charge in [0.15, 0.2) is 0 Å². The first-order valence-electron chi connectivity index (χ1n) is 12.6. The molecule has 8 nitrogen and oxygen atoms in total. The quantitative estimate of drug-likeness (QED) is 0.397. The lowest BCUT2D eigenvalue weighted by Crippen LogP contribution is -2.40. The van der Waals surface area contributed by atoms with Gasteiger partial charge in [-0.2, -0.15) is 5.26 Å². The zero-order chi connectivity index (χ0) is 26.8. The summed E-state index contributed by atoms with van der Waals surface area (Å²) in [5.41, 5.74) is 8.84. The van der Waals surface area contributed by atoms with Gasteiger partial charge in [-0.1, -0.05) is 17.3 Å². The molecule has 1 amide bonds. The Morgan fingerprint density at radius 1 is 1.24 bits per heavy atom. The van der Waals surface area contributed by atoms with Crippen LogP contribution in [0.4, 0.5) is 4.39 Å². The number of carbonyl (C=O) groups is 1. The summed E-state index contributed by atoms with van der Waals surface area (Å²) in [5, 5.41) is 27.9. The largest absolute Gasteiger partial charge is 0.389 e. The van der Waals surface area contributed by atoms with Crippen molar-refractivity contribution in [1.29, 1.82) is 5.26 Å². The first-order valence-corrected chi connectivity index (χ1v) is 13.4. The molecule has 10 heteroatoms. The number of nitriles is 1. The number of hydrogen-bond acceptors (Lipinski definition) is 7. The van der Waals surface area contributed by atoms with E-state index in [0.717, 1.165) is 35.2 Å². The van der Waals surface area contributed by atoms with Gasteiger partial charge in [-0.3, -0.25) is 4.79 Å². The minimum Gasteiger partial charge on any atom is -0.389 e. The smallest absolute Gasteiger partial charge is 0.264 e. The molecule has 2 saturated heterocycles. The van der Waals surface area contributed by atoms with Crippen LogP contribution in [-0.2, 0) is 6.54 Å². The standard InChI is InChI=1S/C28H27FN6O2S/c1-28(2,37)14-34-24-7-5-16(10-22(24)32-33-34)26-19(15-3-4-17(13-30)20(29)9-15)12-25(38-26)27(36)35-18-6-8-23(35)21(31)11-18/h3-5,7,9-10,12,18,21,23,37H,6,8,11,14,31H2,1-2H3/t18-,21+,23+/m0/s1. The minimum absolute atomic E-state index is 0.00172. The summed E-state index contributed by atoms with van der Waals surface area (Å²) in [4.78, 5) is 17.0. The number of halogens is 1. The van der Waals surface area contributed by atoms with E-state index in [2.05, 4.69) is 10.3 Å². The highest BCUT2D eigenvalue weighted by Gasteiger charge is 2.47. The van der Waals surface area contributed by atoms with E-state index in [9.17, 15) is 19.6 Å². The summed E-state index contributed by atoms with van der Waals surface area (Å²) in [5.74, 6) is -0.655. The third-order valence-electron chi connectivity index (χ3n) is 7.48.